The maximum Gasteiger partial charge on any atom is 0.231 e. The van der Waals surface area contributed by atoms with Crippen LogP contribution in [0.1, 0.15) is 126 Å². The lowest BCUT2D eigenvalue weighted by atomic mass is 9.52. The van der Waals surface area contributed by atoms with Gasteiger partial charge in [-0.05, 0) is 68.6 Å². The molecule has 0 aromatic heterocycles. The quantitative estimate of drug-likeness (QED) is 0.140. The number of nitrogens with two attached hydrogens (primary N) is 2. The largest absolute Gasteiger partial charge is 0.326 e. The predicted octanol–water partition coefficient (Wildman–Crippen LogP) is 6.68. The molecule has 6 atom stereocenters. The van der Waals surface area contributed by atoms with Crippen LogP contribution in [0.3, 0.4) is 0 Å². The number of azo groups is 1. The van der Waals surface area contributed by atoms with E-state index in [9.17, 15) is 4.79 Å². The molecule has 4 aliphatic rings. The number of nitrogens with one attached hydrogen (secondary N) is 3. The highest BCUT2D eigenvalue weighted by Gasteiger charge is 2.55. The van der Waals surface area contributed by atoms with Gasteiger partial charge in [0.1, 0.15) is 12.5 Å². The maximum absolute atomic E-state index is 15.1. The molecule has 0 spiro atoms. The zero-order valence-corrected chi connectivity index (χ0v) is 30.6. The van der Waals surface area contributed by atoms with Crippen LogP contribution in [0.5, 0.6) is 0 Å². The van der Waals surface area contributed by atoms with E-state index < -0.39 is 23.8 Å². The Bertz CT molecular complexity index is 1150. The van der Waals surface area contributed by atoms with Crippen molar-refractivity contribution in [2.24, 2.45) is 56.2 Å². The third-order valence-corrected chi connectivity index (χ3v) is 13.0. The van der Waals surface area contributed by atoms with E-state index in [2.05, 4.69) is 74.4 Å². The van der Waals surface area contributed by atoms with Crippen molar-refractivity contribution in [3.63, 3.8) is 0 Å². The van der Waals surface area contributed by atoms with Gasteiger partial charge in [0.05, 0.1) is 17.8 Å². The van der Waals surface area contributed by atoms with Crippen LogP contribution in [-0.4, -0.2) is 55.0 Å². The van der Waals surface area contributed by atoms with E-state index in [0.717, 1.165) is 50.8 Å². The van der Waals surface area contributed by atoms with Crippen molar-refractivity contribution < 1.29 is 9.18 Å². The molecule has 0 bridgehead atoms. The number of halogens is 1. The molecule has 0 saturated heterocycles. The normalized spacial score (nSPS) is 32.9. The van der Waals surface area contributed by atoms with E-state index >= 15 is 4.39 Å². The van der Waals surface area contributed by atoms with Crippen molar-refractivity contribution in [1.29, 1.82) is 0 Å². The fourth-order valence-electron chi connectivity index (χ4n) is 10.1. The SMILES string of the molecule is CCC[C@@H](C)C1(C)N=NCN1C1=C(NC(=O)C(C(N)N)C2NC/C(F)=C\C[C@@](C)(CCC)C2(CC)CC)CNCC1C1CCCCC1. The summed E-state index contributed by atoms with van der Waals surface area (Å²) in [7, 11) is 0. The molecule has 9 nitrogen and oxygen atoms in total. The predicted molar refractivity (Wildman–Crippen MR) is 189 cm³/mol. The highest BCUT2D eigenvalue weighted by atomic mass is 19.1. The van der Waals surface area contributed by atoms with Crippen LogP contribution in [0.4, 0.5) is 4.39 Å². The van der Waals surface area contributed by atoms with Crippen LogP contribution in [0.2, 0.25) is 0 Å². The lowest BCUT2D eigenvalue weighted by Gasteiger charge is -2.56. The van der Waals surface area contributed by atoms with E-state index in [0.29, 0.717) is 31.5 Å². The maximum atomic E-state index is 15.1. The minimum absolute atomic E-state index is 0.0643. The van der Waals surface area contributed by atoms with Gasteiger partial charge in [0.25, 0.3) is 0 Å². The molecule has 1 amide bonds. The number of nitrogens with zero attached hydrogens (tertiary/aromatic N) is 3. The molecule has 1 saturated carbocycles. The third kappa shape index (κ3) is 7.51. The number of hydrogen-bond donors (Lipinski definition) is 5. The van der Waals surface area contributed by atoms with Gasteiger partial charge in [-0.1, -0.05) is 79.7 Å². The average Bonchev–Trinajstić information content (AvgIpc) is 3.45. The third-order valence-electron chi connectivity index (χ3n) is 13.0. The molecule has 4 unspecified atom stereocenters. The Morgan fingerprint density at radius 3 is 2.43 bits per heavy atom. The van der Waals surface area contributed by atoms with E-state index in [-0.39, 0.29) is 35.0 Å². The van der Waals surface area contributed by atoms with Crippen LogP contribution < -0.4 is 27.4 Å². The Balaban J connectivity index is 1.80. The molecule has 268 valence electrons. The molecule has 3 aliphatic heterocycles. The van der Waals surface area contributed by atoms with Gasteiger partial charge in [-0.3, -0.25) is 4.79 Å². The van der Waals surface area contributed by atoms with Gasteiger partial charge < -0.3 is 32.3 Å². The Morgan fingerprint density at radius 2 is 1.81 bits per heavy atom. The average molecular weight is 659 g/mol. The number of amides is 1. The lowest BCUT2D eigenvalue weighted by Crippen LogP contribution is -2.65. The molecule has 1 aliphatic carbocycles. The molecule has 4 rings (SSSR count). The smallest absolute Gasteiger partial charge is 0.231 e. The van der Waals surface area contributed by atoms with E-state index in [1.807, 2.05) is 0 Å². The summed E-state index contributed by atoms with van der Waals surface area (Å²) in [5, 5.41) is 20.1. The Labute approximate surface area is 284 Å². The topological polar surface area (TPSA) is 133 Å². The van der Waals surface area contributed by atoms with Crippen molar-refractivity contribution >= 4 is 5.91 Å². The highest BCUT2D eigenvalue weighted by Crippen LogP contribution is 2.55. The molecule has 0 aromatic carbocycles. The van der Waals surface area contributed by atoms with Gasteiger partial charge >= 0.3 is 0 Å². The minimum Gasteiger partial charge on any atom is -0.326 e. The van der Waals surface area contributed by atoms with Crippen molar-refractivity contribution in [2.75, 3.05) is 26.3 Å². The first kappa shape index (κ1) is 37.9. The summed E-state index contributed by atoms with van der Waals surface area (Å²) >= 11 is 0. The van der Waals surface area contributed by atoms with Crippen LogP contribution in [0.25, 0.3) is 0 Å². The molecular weight excluding hydrogens is 591 g/mol. The van der Waals surface area contributed by atoms with Gasteiger partial charge in [-0.2, -0.15) is 10.2 Å². The summed E-state index contributed by atoms with van der Waals surface area (Å²) in [4.78, 5) is 17.2. The van der Waals surface area contributed by atoms with E-state index in [1.54, 1.807) is 6.08 Å². The summed E-state index contributed by atoms with van der Waals surface area (Å²) in [5.74, 6) is -0.0771. The van der Waals surface area contributed by atoms with Crippen LogP contribution in [0, 0.1) is 34.5 Å². The van der Waals surface area contributed by atoms with Crippen molar-refractivity contribution in [3.05, 3.63) is 23.3 Å². The van der Waals surface area contributed by atoms with E-state index in [1.165, 1.54) is 37.8 Å². The summed E-state index contributed by atoms with van der Waals surface area (Å²) in [6.45, 7) is 17.5. The monoisotopic (exact) mass is 659 g/mol. The van der Waals surface area contributed by atoms with Crippen LogP contribution in [0.15, 0.2) is 33.5 Å². The summed E-state index contributed by atoms with van der Waals surface area (Å²) in [6.07, 6.45) is 13.2. The standard InChI is InChI=1S/C37H67FN8O/c1-8-15-25(5)36(7)45-43-24-46(36)31-28(26-16-13-12-14-17-26)22-41-23-29(31)44-34(47)30(33(39)40)32-37(10-3,11-4)35(6,19-9-2)20-18-27(38)21-42-32/h18,25-26,28,30,32-33,41-42H,8-17,19-24,39-40H2,1-7H3,(H,44,47)/b27-18+/t25-,28?,30?,32?,35-,36?/m1/s1. The van der Waals surface area contributed by atoms with Gasteiger partial charge in [0.2, 0.25) is 5.91 Å². The zero-order chi connectivity index (χ0) is 34.4. The van der Waals surface area contributed by atoms with Crippen molar-refractivity contribution in [1.82, 2.24) is 20.9 Å². The second-order valence-corrected chi connectivity index (χ2v) is 15.6. The molecular formula is C37H67FN8O. The molecule has 47 heavy (non-hydrogen) atoms. The molecule has 1 fully saturated rings. The first-order valence-corrected chi connectivity index (χ1v) is 18.9. The fraction of sp³-hybridized carbons (Fsp3) is 0.865. The van der Waals surface area contributed by atoms with Crippen LogP contribution >= 0.6 is 0 Å². The number of carbonyl (C=O) groups excluding carboxylic acids is 1. The molecule has 3 heterocycles. The Hall–Kier alpha value is -1.88. The summed E-state index contributed by atoms with van der Waals surface area (Å²) < 4.78 is 15.1. The van der Waals surface area contributed by atoms with E-state index in [4.69, 9.17) is 16.6 Å². The molecule has 10 heteroatoms. The van der Waals surface area contributed by atoms with Crippen molar-refractivity contribution in [3.8, 4) is 0 Å². The minimum atomic E-state index is -0.927. The number of carbonyl (C=O) groups is 1. The Morgan fingerprint density at radius 1 is 1.11 bits per heavy atom. The zero-order valence-electron chi connectivity index (χ0n) is 30.6. The van der Waals surface area contributed by atoms with Gasteiger partial charge in [0, 0.05) is 43.2 Å². The number of rotatable bonds is 13. The lowest BCUT2D eigenvalue weighted by molar-refractivity contribution is -0.130. The number of hydrogen-bond acceptors (Lipinski definition) is 8. The molecule has 0 radical (unpaired) electrons. The summed E-state index contributed by atoms with van der Waals surface area (Å²) in [6, 6.07) is -0.408. The van der Waals surface area contributed by atoms with Gasteiger partial charge in [0.15, 0.2) is 5.66 Å². The first-order valence-electron chi connectivity index (χ1n) is 18.9. The second-order valence-electron chi connectivity index (χ2n) is 15.6. The van der Waals surface area contributed by atoms with Gasteiger partial charge in [-0.15, -0.1) is 0 Å². The fourth-order valence-corrected chi connectivity index (χ4v) is 10.1. The van der Waals surface area contributed by atoms with Crippen molar-refractivity contribution in [2.45, 2.75) is 143 Å². The summed E-state index contributed by atoms with van der Waals surface area (Å²) in [5.41, 5.74) is 14.2. The second kappa shape index (κ2) is 16.2. The highest BCUT2D eigenvalue weighted by molar-refractivity contribution is 5.82. The van der Waals surface area contributed by atoms with Crippen LogP contribution in [-0.2, 0) is 4.79 Å². The molecule has 7 N–H and O–H groups in total. The first-order chi connectivity index (χ1) is 22.4. The number of allylic oxidation sites excluding steroid dienone is 1. The molecule has 0 aromatic rings. The Kier molecular flexibility index (Phi) is 13.1. The van der Waals surface area contributed by atoms with Gasteiger partial charge in [-0.25, -0.2) is 4.39 Å².